The summed E-state index contributed by atoms with van der Waals surface area (Å²) >= 11 is 0. The Bertz CT molecular complexity index is 601. The van der Waals surface area contributed by atoms with E-state index in [1.54, 1.807) is 0 Å². The zero-order valence-corrected chi connectivity index (χ0v) is 15.4. The molecule has 5 heteroatoms. The van der Waals surface area contributed by atoms with E-state index in [1.807, 2.05) is 13.2 Å². The van der Waals surface area contributed by atoms with Crippen molar-refractivity contribution in [2.24, 2.45) is 23.2 Å². The number of anilines is 2. The zero-order chi connectivity index (χ0) is 16.9. The number of rotatable bonds is 4. The minimum atomic E-state index is 0.531. The molecule has 2 heterocycles. The van der Waals surface area contributed by atoms with Crippen molar-refractivity contribution in [1.29, 1.82) is 0 Å². The van der Waals surface area contributed by atoms with E-state index in [2.05, 4.69) is 52.6 Å². The van der Waals surface area contributed by atoms with Crippen LogP contribution in [0.2, 0.25) is 0 Å². The minimum Gasteiger partial charge on any atom is -0.369 e. The van der Waals surface area contributed by atoms with Crippen LogP contribution in [0.25, 0.3) is 0 Å². The Hall–Kier alpha value is -1.36. The smallest absolute Gasteiger partial charge is 0.150 e. The molecule has 4 aliphatic rings. The number of hydrogen-bond donors (Lipinski definition) is 2. The Morgan fingerprint density at radius 1 is 1.29 bits per heavy atom. The topological polar surface area (TPSA) is 53.1 Å². The van der Waals surface area contributed by atoms with Gasteiger partial charge in [0.25, 0.3) is 0 Å². The summed E-state index contributed by atoms with van der Waals surface area (Å²) in [6.07, 6.45) is 5.77. The normalized spacial score (nSPS) is 37.2. The molecule has 2 N–H and O–H groups in total. The quantitative estimate of drug-likeness (QED) is 0.889. The van der Waals surface area contributed by atoms with Gasteiger partial charge in [-0.15, -0.1) is 5.10 Å². The molecule has 0 radical (unpaired) electrons. The number of fused-ring (bicyclic) bond motifs is 2. The van der Waals surface area contributed by atoms with Crippen molar-refractivity contribution in [3.8, 4) is 0 Å². The molecule has 1 aliphatic heterocycles. The van der Waals surface area contributed by atoms with Gasteiger partial charge in [-0.05, 0) is 49.5 Å². The van der Waals surface area contributed by atoms with Gasteiger partial charge in [0.2, 0.25) is 0 Å². The maximum Gasteiger partial charge on any atom is 0.150 e. The highest BCUT2D eigenvalue weighted by molar-refractivity contribution is 5.53. The van der Waals surface area contributed by atoms with Crippen LogP contribution in [0.15, 0.2) is 12.3 Å². The number of hydrogen-bond acceptors (Lipinski definition) is 5. The van der Waals surface area contributed by atoms with Gasteiger partial charge in [0, 0.05) is 31.2 Å². The van der Waals surface area contributed by atoms with E-state index in [-0.39, 0.29) is 0 Å². The van der Waals surface area contributed by atoms with Crippen LogP contribution in [0.3, 0.4) is 0 Å². The molecule has 1 aromatic rings. The number of nitrogens with one attached hydrogen (secondary N) is 2. The van der Waals surface area contributed by atoms with Crippen LogP contribution in [0, 0.1) is 23.2 Å². The molecule has 0 spiro atoms. The van der Waals surface area contributed by atoms with Gasteiger partial charge >= 0.3 is 0 Å². The highest BCUT2D eigenvalue weighted by Crippen LogP contribution is 2.61. The highest BCUT2D eigenvalue weighted by atomic mass is 15.2. The third-order valence-electron chi connectivity index (χ3n) is 7.29. The SMILES string of the molecule is CN[C@@H]1CCN(c2cnnc(N[C@H]3C[C@H]4C[C@@H]([C@@H]3C)C4(C)C)c2)C1. The molecule has 0 unspecified atom stereocenters. The molecule has 5 nitrogen and oxygen atoms in total. The predicted octanol–water partition coefficient (Wildman–Crippen LogP) is 2.76. The van der Waals surface area contributed by atoms with Crippen molar-refractivity contribution in [3.63, 3.8) is 0 Å². The van der Waals surface area contributed by atoms with Crippen molar-refractivity contribution >= 4 is 11.5 Å². The van der Waals surface area contributed by atoms with Crippen LogP contribution in [0.5, 0.6) is 0 Å². The van der Waals surface area contributed by atoms with E-state index in [0.717, 1.165) is 30.7 Å². The molecule has 5 atom stereocenters. The highest BCUT2D eigenvalue weighted by Gasteiger charge is 2.56. The Balaban J connectivity index is 1.44. The van der Waals surface area contributed by atoms with E-state index >= 15 is 0 Å². The van der Waals surface area contributed by atoms with Gasteiger partial charge in [-0.1, -0.05) is 20.8 Å². The molecule has 1 aromatic heterocycles. The lowest BCUT2D eigenvalue weighted by atomic mass is 9.45. The molecule has 0 aromatic carbocycles. The average molecular weight is 329 g/mol. The lowest BCUT2D eigenvalue weighted by molar-refractivity contribution is -0.105. The Morgan fingerprint density at radius 3 is 2.79 bits per heavy atom. The van der Waals surface area contributed by atoms with Crippen LogP contribution in [-0.4, -0.2) is 42.4 Å². The summed E-state index contributed by atoms with van der Waals surface area (Å²) < 4.78 is 0. The van der Waals surface area contributed by atoms with E-state index in [4.69, 9.17) is 0 Å². The van der Waals surface area contributed by atoms with E-state index in [1.165, 1.54) is 24.9 Å². The van der Waals surface area contributed by atoms with Crippen molar-refractivity contribution in [2.45, 2.75) is 52.1 Å². The van der Waals surface area contributed by atoms with Gasteiger partial charge < -0.3 is 15.5 Å². The summed E-state index contributed by atoms with van der Waals surface area (Å²) in [6, 6.07) is 3.31. The third-order valence-corrected chi connectivity index (χ3v) is 7.29. The van der Waals surface area contributed by atoms with Crippen LogP contribution in [0.4, 0.5) is 11.5 Å². The van der Waals surface area contributed by atoms with Gasteiger partial charge in [0.1, 0.15) is 0 Å². The molecule has 0 amide bonds. The largest absolute Gasteiger partial charge is 0.369 e. The molecule has 24 heavy (non-hydrogen) atoms. The maximum absolute atomic E-state index is 4.35. The van der Waals surface area contributed by atoms with Crippen LogP contribution in [-0.2, 0) is 0 Å². The second-order valence-corrected chi connectivity index (χ2v) is 8.73. The fourth-order valence-corrected chi connectivity index (χ4v) is 5.36. The summed E-state index contributed by atoms with van der Waals surface area (Å²) in [5.41, 5.74) is 1.72. The molecule has 2 bridgehead atoms. The lowest BCUT2D eigenvalue weighted by Gasteiger charge is -2.62. The molecule has 1 saturated heterocycles. The van der Waals surface area contributed by atoms with Crippen LogP contribution >= 0.6 is 0 Å². The number of likely N-dealkylation sites (N-methyl/N-ethyl adjacent to an activating group) is 1. The second kappa shape index (κ2) is 5.87. The van der Waals surface area contributed by atoms with Gasteiger partial charge in [-0.2, -0.15) is 5.10 Å². The first-order valence-corrected chi connectivity index (χ1v) is 9.50. The first-order chi connectivity index (χ1) is 11.5. The summed E-state index contributed by atoms with van der Waals surface area (Å²) in [4.78, 5) is 2.41. The lowest BCUT2D eigenvalue weighted by Crippen LogP contribution is -2.58. The molecule has 3 aliphatic carbocycles. The van der Waals surface area contributed by atoms with Crippen molar-refractivity contribution in [3.05, 3.63) is 12.3 Å². The summed E-state index contributed by atoms with van der Waals surface area (Å²) in [5.74, 6) is 3.36. The standard InChI is InChI=1S/C19H31N5/c1-12-16-7-13(19(16,2)3)8-17(12)22-18-9-15(10-21-23-18)24-6-5-14(11-24)20-4/h9-10,12-14,16-17,20H,5-8,11H2,1-4H3,(H,22,23)/t12-,13+,14+,16-,17-/m0/s1. The second-order valence-electron chi connectivity index (χ2n) is 8.73. The molecule has 4 fully saturated rings. The minimum absolute atomic E-state index is 0.531. The fraction of sp³-hybridized carbons (Fsp3) is 0.789. The fourth-order valence-electron chi connectivity index (χ4n) is 5.36. The summed E-state index contributed by atoms with van der Waals surface area (Å²) in [7, 11) is 2.04. The van der Waals surface area contributed by atoms with Crippen molar-refractivity contribution < 1.29 is 0 Å². The Labute approximate surface area is 145 Å². The average Bonchev–Trinajstić information content (AvgIpc) is 3.05. The first kappa shape index (κ1) is 16.1. The molecule has 3 saturated carbocycles. The third kappa shape index (κ3) is 2.57. The maximum atomic E-state index is 4.35. The first-order valence-electron chi connectivity index (χ1n) is 9.50. The molecule has 5 rings (SSSR count). The van der Waals surface area contributed by atoms with Crippen molar-refractivity contribution in [1.82, 2.24) is 15.5 Å². The van der Waals surface area contributed by atoms with Crippen LogP contribution < -0.4 is 15.5 Å². The van der Waals surface area contributed by atoms with Gasteiger partial charge in [0.05, 0.1) is 11.9 Å². The zero-order valence-electron chi connectivity index (χ0n) is 15.4. The predicted molar refractivity (Wildman–Crippen MR) is 98.3 cm³/mol. The Kier molecular flexibility index (Phi) is 3.94. The summed E-state index contributed by atoms with van der Waals surface area (Å²) in [6.45, 7) is 9.46. The van der Waals surface area contributed by atoms with Crippen molar-refractivity contribution in [2.75, 3.05) is 30.4 Å². The van der Waals surface area contributed by atoms with Crippen LogP contribution in [0.1, 0.15) is 40.0 Å². The Morgan fingerprint density at radius 2 is 2.12 bits per heavy atom. The van der Waals surface area contributed by atoms with Gasteiger partial charge in [0.15, 0.2) is 5.82 Å². The van der Waals surface area contributed by atoms with E-state index in [9.17, 15) is 0 Å². The molecular weight excluding hydrogens is 298 g/mol. The van der Waals surface area contributed by atoms with Gasteiger partial charge in [-0.25, -0.2) is 0 Å². The number of aromatic nitrogens is 2. The monoisotopic (exact) mass is 329 g/mol. The molecular formula is C19H31N5. The summed E-state index contributed by atoms with van der Waals surface area (Å²) in [5, 5.41) is 15.7. The molecule has 132 valence electrons. The van der Waals surface area contributed by atoms with Gasteiger partial charge in [-0.3, -0.25) is 0 Å². The number of nitrogens with zero attached hydrogens (tertiary/aromatic N) is 3. The van der Waals surface area contributed by atoms with E-state index in [0.29, 0.717) is 23.4 Å². The van der Waals surface area contributed by atoms with E-state index < -0.39 is 0 Å².